The monoisotopic (exact) mass is 256 g/mol. The van der Waals surface area contributed by atoms with E-state index in [1.54, 1.807) is 0 Å². The van der Waals surface area contributed by atoms with E-state index in [4.69, 9.17) is 17.2 Å². The van der Waals surface area contributed by atoms with Gasteiger partial charge >= 0.3 is 0 Å². The molecule has 7 heteroatoms. The Balaban J connectivity index is 2.80. The van der Waals surface area contributed by atoms with E-state index in [-0.39, 0.29) is 25.5 Å². The van der Waals surface area contributed by atoms with E-state index in [2.05, 4.69) is 0 Å². The summed E-state index contributed by atoms with van der Waals surface area (Å²) in [7, 11) is 0. The van der Waals surface area contributed by atoms with Crippen LogP contribution in [0.1, 0.15) is 19.8 Å². The van der Waals surface area contributed by atoms with Crippen molar-refractivity contribution in [3.05, 3.63) is 0 Å². The lowest BCUT2D eigenvalue weighted by molar-refractivity contribution is -0.153. The number of rotatable bonds is 6. The van der Waals surface area contributed by atoms with Crippen LogP contribution in [0.4, 0.5) is 0 Å². The topological polar surface area (TPSA) is 133 Å². The van der Waals surface area contributed by atoms with Crippen molar-refractivity contribution in [3.63, 3.8) is 0 Å². The van der Waals surface area contributed by atoms with Gasteiger partial charge in [-0.3, -0.25) is 14.4 Å². The fourth-order valence-electron chi connectivity index (χ4n) is 2.61. The molecule has 6 N–H and O–H groups in total. The molecule has 0 radical (unpaired) electrons. The molecule has 3 amide bonds. The molecule has 0 aromatic carbocycles. The first-order valence-electron chi connectivity index (χ1n) is 5.87. The molecule has 0 heterocycles. The average molecular weight is 256 g/mol. The van der Waals surface area contributed by atoms with E-state index in [1.807, 2.05) is 6.92 Å². The highest BCUT2D eigenvalue weighted by Gasteiger charge is 2.49. The molecule has 1 rings (SSSR count). The molecule has 0 aromatic rings. The number of amides is 3. The maximum Gasteiger partial charge on any atom is 0.237 e. The molecule has 1 aliphatic carbocycles. The SMILES string of the molecule is CC1CC(CN)(C(=O)N(CC(N)=O)CC(N)=O)C1. The highest BCUT2D eigenvalue weighted by Crippen LogP contribution is 2.45. The largest absolute Gasteiger partial charge is 0.368 e. The third-order valence-electron chi connectivity index (χ3n) is 3.30. The van der Waals surface area contributed by atoms with Gasteiger partial charge in [-0.15, -0.1) is 0 Å². The Morgan fingerprint density at radius 1 is 1.17 bits per heavy atom. The van der Waals surface area contributed by atoms with Crippen LogP contribution >= 0.6 is 0 Å². The van der Waals surface area contributed by atoms with E-state index < -0.39 is 17.2 Å². The average Bonchev–Trinajstić information content (AvgIpc) is 2.21. The van der Waals surface area contributed by atoms with Gasteiger partial charge in [0.15, 0.2) is 0 Å². The Morgan fingerprint density at radius 2 is 1.61 bits per heavy atom. The molecule has 18 heavy (non-hydrogen) atoms. The summed E-state index contributed by atoms with van der Waals surface area (Å²) >= 11 is 0. The second-order valence-electron chi connectivity index (χ2n) is 5.09. The maximum absolute atomic E-state index is 12.3. The van der Waals surface area contributed by atoms with Gasteiger partial charge in [0.25, 0.3) is 0 Å². The van der Waals surface area contributed by atoms with Crippen molar-refractivity contribution in [2.45, 2.75) is 19.8 Å². The molecule has 102 valence electrons. The molecule has 1 aliphatic rings. The summed E-state index contributed by atoms with van der Waals surface area (Å²) in [4.78, 5) is 35.3. The van der Waals surface area contributed by atoms with Crippen LogP contribution in [0.5, 0.6) is 0 Å². The number of nitrogens with zero attached hydrogens (tertiary/aromatic N) is 1. The minimum absolute atomic E-state index is 0.199. The van der Waals surface area contributed by atoms with Crippen molar-refractivity contribution in [3.8, 4) is 0 Å². The van der Waals surface area contributed by atoms with Gasteiger partial charge in [0, 0.05) is 6.54 Å². The van der Waals surface area contributed by atoms with Gasteiger partial charge in [0.1, 0.15) is 0 Å². The van der Waals surface area contributed by atoms with Crippen LogP contribution in [-0.2, 0) is 14.4 Å². The molecular weight excluding hydrogens is 236 g/mol. The van der Waals surface area contributed by atoms with Gasteiger partial charge in [-0.1, -0.05) is 6.92 Å². The molecule has 0 atom stereocenters. The molecular formula is C11H20N4O3. The predicted molar refractivity (Wildman–Crippen MR) is 64.9 cm³/mol. The van der Waals surface area contributed by atoms with Gasteiger partial charge in [-0.25, -0.2) is 0 Å². The van der Waals surface area contributed by atoms with Crippen LogP contribution in [0.15, 0.2) is 0 Å². The number of carbonyl (C=O) groups excluding carboxylic acids is 3. The van der Waals surface area contributed by atoms with Gasteiger partial charge < -0.3 is 22.1 Å². The number of carbonyl (C=O) groups is 3. The Morgan fingerprint density at radius 3 is 1.89 bits per heavy atom. The fraction of sp³-hybridized carbons (Fsp3) is 0.727. The van der Waals surface area contributed by atoms with Gasteiger partial charge in [-0.2, -0.15) is 0 Å². The highest BCUT2D eigenvalue weighted by atomic mass is 16.2. The summed E-state index contributed by atoms with van der Waals surface area (Å²) in [6.45, 7) is 1.60. The number of hydrogen-bond acceptors (Lipinski definition) is 4. The first-order valence-corrected chi connectivity index (χ1v) is 5.87. The van der Waals surface area contributed by atoms with Gasteiger partial charge in [-0.05, 0) is 18.8 Å². The number of primary amides is 2. The van der Waals surface area contributed by atoms with Crippen molar-refractivity contribution in [2.75, 3.05) is 19.6 Å². The predicted octanol–water partition coefficient (Wildman–Crippen LogP) is -1.84. The lowest BCUT2D eigenvalue weighted by atomic mass is 9.62. The van der Waals surface area contributed by atoms with Crippen LogP contribution < -0.4 is 17.2 Å². The van der Waals surface area contributed by atoms with E-state index in [9.17, 15) is 14.4 Å². The Hall–Kier alpha value is -1.63. The molecule has 1 saturated carbocycles. The summed E-state index contributed by atoms with van der Waals surface area (Å²) in [6.07, 6.45) is 1.33. The minimum atomic E-state index is -0.677. The Bertz CT molecular complexity index is 347. The molecule has 1 fully saturated rings. The molecule has 0 spiro atoms. The quantitative estimate of drug-likeness (QED) is 0.515. The molecule has 0 saturated heterocycles. The van der Waals surface area contributed by atoms with Crippen molar-refractivity contribution in [1.82, 2.24) is 4.90 Å². The third-order valence-corrected chi connectivity index (χ3v) is 3.30. The maximum atomic E-state index is 12.3. The molecule has 0 unspecified atom stereocenters. The zero-order chi connectivity index (χ0) is 13.9. The summed E-state index contributed by atoms with van der Waals surface area (Å²) < 4.78 is 0. The highest BCUT2D eigenvalue weighted by molar-refractivity contribution is 5.91. The van der Waals surface area contributed by atoms with E-state index in [0.29, 0.717) is 18.8 Å². The second-order valence-corrected chi connectivity index (χ2v) is 5.09. The number of nitrogens with two attached hydrogens (primary N) is 3. The van der Waals surface area contributed by atoms with Crippen LogP contribution in [-0.4, -0.2) is 42.3 Å². The fourth-order valence-corrected chi connectivity index (χ4v) is 2.61. The Kier molecular flexibility index (Phi) is 4.28. The van der Waals surface area contributed by atoms with E-state index >= 15 is 0 Å². The summed E-state index contributed by atoms with van der Waals surface area (Å²) in [5.74, 6) is -1.24. The molecule has 7 nitrogen and oxygen atoms in total. The molecule has 0 aromatic heterocycles. The van der Waals surface area contributed by atoms with Crippen molar-refractivity contribution >= 4 is 17.7 Å². The Labute approximate surface area is 106 Å². The zero-order valence-corrected chi connectivity index (χ0v) is 10.5. The van der Waals surface area contributed by atoms with Crippen LogP contribution in [0.25, 0.3) is 0 Å². The van der Waals surface area contributed by atoms with Crippen LogP contribution in [0.3, 0.4) is 0 Å². The number of hydrogen-bond donors (Lipinski definition) is 3. The smallest absolute Gasteiger partial charge is 0.237 e. The molecule has 0 bridgehead atoms. The van der Waals surface area contributed by atoms with Crippen molar-refractivity contribution < 1.29 is 14.4 Å². The first-order chi connectivity index (χ1) is 8.30. The van der Waals surface area contributed by atoms with Crippen molar-refractivity contribution in [1.29, 1.82) is 0 Å². The third kappa shape index (κ3) is 2.98. The van der Waals surface area contributed by atoms with Crippen molar-refractivity contribution in [2.24, 2.45) is 28.5 Å². The van der Waals surface area contributed by atoms with Gasteiger partial charge in [0.05, 0.1) is 18.5 Å². The van der Waals surface area contributed by atoms with Crippen LogP contribution in [0.2, 0.25) is 0 Å². The standard InChI is InChI=1S/C11H20N4O3/c1-7-2-11(3-7,6-12)10(18)15(4-8(13)16)5-9(14)17/h7H,2-6,12H2,1H3,(H2,13,16)(H2,14,17). The lowest BCUT2D eigenvalue weighted by Crippen LogP contribution is -2.57. The zero-order valence-electron chi connectivity index (χ0n) is 10.5. The van der Waals surface area contributed by atoms with E-state index in [0.717, 1.165) is 4.90 Å². The lowest BCUT2D eigenvalue weighted by Gasteiger charge is -2.46. The summed E-state index contributed by atoms with van der Waals surface area (Å²) in [5.41, 5.74) is 15.1. The van der Waals surface area contributed by atoms with Crippen LogP contribution in [0, 0.1) is 11.3 Å². The summed E-state index contributed by atoms with van der Waals surface area (Å²) in [6, 6.07) is 0. The van der Waals surface area contributed by atoms with Gasteiger partial charge in [0.2, 0.25) is 17.7 Å². The minimum Gasteiger partial charge on any atom is -0.368 e. The normalized spacial score (nSPS) is 26.2. The molecule has 0 aliphatic heterocycles. The second kappa shape index (κ2) is 5.34. The first kappa shape index (κ1) is 14.4. The summed E-state index contributed by atoms with van der Waals surface area (Å²) in [5, 5.41) is 0. The van der Waals surface area contributed by atoms with E-state index in [1.165, 1.54) is 0 Å².